The molecule has 0 aliphatic rings. The van der Waals surface area contributed by atoms with E-state index in [1.165, 1.54) is 0 Å². The molecule has 0 radical (unpaired) electrons. The first-order chi connectivity index (χ1) is 4.18. The minimum absolute atomic E-state index is 0.725. The summed E-state index contributed by atoms with van der Waals surface area (Å²) in [5, 5.41) is 0. The Morgan fingerprint density at radius 3 is 1.56 bits per heavy atom. The van der Waals surface area contributed by atoms with Gasteiger partial charge in [-0.25, -0.2) is 0 Å². The highest BCUT2D eigenvalue weighted by Gasteiger charge is 1.82. The fourth-order valence-electron chi connectivity index (χ4n) is 0.114. The van der Waals surface area contributed by atoms with Gasteiger partial charge in [0.05, 0.1) is 0 Å². The Kier molecular flexibility index (Phi) is 9.04. The van der Waals surface area contributed by atoms with Crippen LogP contribution in [0.2, 0.25) is 0 Å². The van der Waals surface area contributed by atoms with Crippen molar-refractivity contribution in [1.29, 1.82) is 0 Å². The SMILES string of the molecule is C/C(N)=C(\C)NN.CC. The smallest absolute Gasteiger partial charge is 0.0412 e. The van der Waals surface area contributed by atoms with Crippen LogP contribution < -0.4 is 17.0 Å². The molecule has 0 saturated heterocycles. The van der Waals surface area contributed by atoms with Gasteiger partial charge in [0.1, 0.15) is 0 Å². The molecule has 3 nitrogen and oxygen atoms in total. The molecule has 9 heavy (non-hydrogen) atoms. The minimum atomic E-state index is 0.725. The van der Waals surface area contributed by atoms with Crippen LogP contribution in [0.3, 0.4) is 0 Å². The summed E-state index contributed by atoms with van der Waals surface area (Å²) in [7, 11) is 0. The van der Waals surface area contributed by atoms with Gasteiger partial charge in [-0.2, -0.15) is 0 Å². The Morgan fingerprint density at radius 1 is 1.22 bits per heavy atom. The quantitative estimate of drug-likeness (QED) is 0.362. The third-order valence-corrected chi connectivity index (χ3v) is 0.808. The highest BCUT2D eigenvalue weighted by atomic mass is 15.2. The second kappa shape index (κ2) is 7.30. The summed E-state index contributed by atoms with van der Waals surface area (Å²) in [6.07, 6.45) is 0. The van der Waals surface area contributed by atoms with E-state index < -0.39 is 0 Å². The van der Waals surface area contributed by atoms with Crippen molar-refractivity contribution < 1.29 is 0 Å². The lowest BCUT2D eigenvalue weighted by atomic mass is 10.4. The maximum atomic E-state index is 5.28. The van der Waals surface area contributed by atoms with E-state index in [1.807, 2.05) is 20.8 Å². The van der Waals surface area contributed by atoms with E-state index in [0.717, 1.165) is 11.4 Å². The first-order valence-electron chi connectivity index (χ1n) is 3.08. The molecule has 0 unspecified atom stereocenters. The molecular weight excluding hydrogens is 114 g/mol. The zero-order valence-electron chi connectivity index (χ0n) is 6.65. The summed E-state index contributed by atoms with van der Waals surface area (Å²) >= 11 is 0. The Balaban J connectivity index is 0. The van der Waals surface area contributed by atoms with Gasteiger partial charge in [-0.15, -0.1) is 0 Å². The Hall–Kier alpha value is -0.700. The normalized spacial score (nSPS) is 10.8. The number of allylic oxidation sites excluding steroid dienone is 2. The van der Waals surface area contributed by atoms with Gasteiger partial charge in [0.2, 0.25) is 0 Å². The van der Waals surface area contributed by atoms with Crippen LogP contribution in [0.15, 0.2) is 11.4 Å². The molecule has 0 aromatic rings. The predicted molar refractivity (Wildman–Crippen MR) is 41.2 cm³/mol. The summed E-state index contributed by atoms with van der Waals surface area (Å²) < 4.78 is 0. The second-order valence-electron chi connectivity index (χ2n) is 1.45. The summed E-state index contributed by atoms with van der Waals surface area (Å²) in [5.41, 5.74) is 9.25. The van der Waals surface area contributed by atoms with Crippen LogP contribution in [0.4, 0.5) is 0 Å². The van der Waals surface area contributed by atoms with Crippen LogP contribution in [-0.2, 0) is 0 Å². The van der Waals surface area contributed by atoms with Gasteiger partial charge in [-0.05, 0) is 13.8 Å². The molecule has 0 saturated carbocycles. The van der Waals surface area contributed by atoms with Crippen molar-refractivity contribution in [3.05, 3.63) is 11.4 Å². The molecule has 0 aliphatic heterocycles. The Bertz CT molecular complexity index is 82.3. The Labute approximate surface area is 57.1 Å². The molecule has 3 heteroatoms. The van der Waals surface area contributed by atoms with E-state index in [4.69, 9.17) is 11.6 Å². The average Bonchev–Trinajstić information content (AvgIpc) is 1.91. The lowest BCUT2D eigenvalue weighted by molar-refractivity contribution is 0.861. The van der Waals surface area contributed by atoms with Crippen molar-refractivity contribution in [3.8, 4) is 0 Å². The fraction of sp³-hybridized carbons (Fsp3) is 0.667. The van der Waals surface area contributed by atoms with Crippen LogP contribution in [0.5, 0.6) is 0 Å². The van der Waals surface area contributed by atoms with Crippen LogP contribution in [0.1, 0.15) is 27.7 Å². The van der Waals surface area contributed by atoms with Crippen molar-refractivity contribution in [1.82, 2.24) is 5.43 Å². The lowest BCUT2D eigenvalue weighted by Gasteiger charge is -1.98. The van der Waals surface area contributed by atoms with Gasteiger partial charge in [-0.1, -0.05) is 13.8 Å². The highest BCUT2D eigenvalue weighted by Crippen LogP contribution is 1.85. The molecule has 0 spiro atoms. The molecule has 0 atom stereocenters. The second-order valence-corrected chi connectivity index (χ2v) is 1.45. The number of rotatable bonds is 1. The molecule has 0 aromatic heterocycles. The third kappa shape index (κ3) is 7.30. The molecule has 56 valence electrons. The maximum absolute atomic E-state index is 5.28. The highest BCUT2D eigenvalue weighted by molar-refractivity contribution is 5.01. The van der Waals surface area contributed by atoms with Crippen molar-refractivity contribution >= 4 is 0 Å². The third-order valence-electron chi connectivity index (χ3n) is 0.808. The van der Waals surface area contributed by atoms with Gasteiger partial charge in [0, 0.05) is 11.4 Å². The van der Waals surface area contributed by atoms with Gasteiger partial charge < -0.3 is 11.2 Å². The molecule has 0 amide bonds. The van der Waals surface area contributed by atoms with Crippen LogP contribution >= 0.6 is 0 Å². The van der Waals surface area contributed by atoms with E-state index in [9.17, 15) is 0 Å². The van der Waals surface area contributed by atoms with Gasteiger partial charge >= 0.3 is 0 Å². The summed E-state index contributed by atoms with van der Waals surface area (Å²) in [6, 6.07) is 0. The number of hydrogen-bond acceptors (Lipinski definition) is 3. The summed E-state index contributed by atoms with van der Waals surface area (Å²) in [6.45, 7) is 7.60. The molecule has 0 aliphatic carbocycles. The minimum Gasteiger partial charge on any atom is -0.401 e. The molecule has 0 aromatic carbocycles. The maximum Gasteiger partial charge on any atom is 0.0412 e. The zero-order chi connectivity index (χ0) is 7.86. The van der Waals surface area contributed by atoms with Crippen LogP contribution in [0.25, 0.3) is 0 Å². The molecule has 0 bridgehead atoms. The van der Waals surface area contributed by atoms with Gasteiger partial charge in [0.25, 0.3) is 0 Å². The first-order valence-corrected chi connectivity index (χ1v) is 3.08. The summed E-state index contributed by atoms with van der Waals surface area (Å²) in [5.74, 6) is 4.99. The zero-order valence-corrected chi connectivity index (χ0v) is 6.65. The lowest BCUT2D eigenvalue weighted by Crippen LogP contribution is -2.21. The topological polar surface area (TPSA) is 64.1 Å². The molecule has 0 rings (SSSR count). The number of hydrazine groups is 1. The van der Waals surface area contributed by atoms with Crippen molar-refractivity contribution in [2.24, 2.45) is 11.6 Å². The van der Waals surface area contributed by atoms with Gasteiger partial charge in [0.15, 0.2) is 0 Å². The molecule has 0 heterocycles. The standard InChI is InChI=1S/C4H11N3.C2H6/c1-3(5)4(2)7-6;1-2/h7H,5-6H2,1-2H3;1-2H3/b4-3-;. The van der Waals surface area contributed by atoms with Crippen molar-refractivity contribution in [2.75, 3.05) is 0 Å². The van der Waals surface area contributed by atoms with Gasteiger partial charge in [-0.3, -0.25) is 5.84 Å². The fourth-order valence-corrected chi connectivity index (χ4v) is 0.114. The molecular formula is C6H17N3. The number of hydrogen-bond donors (Lipinski definition) is 3. The largest absolute Gasteiger partial charge is 0.401 e. The number of nitrogens with two attached hydrogens (primary N) is 2. The number of nitrogens with one attached hydrogen (secondary N) is 1. The average molecular weight is 131 g/mol. The van der Waals surface area contributed by atoms with E-state index in [2.05, 4.69) is 5.43 Å². The van der Waals surface area contributed by atoms with E-state index in [-0.39, 0.29) is 0 Å². The predicted octanol–water partition coefficient (Wildman–Crippen LogP) is 0.686. The summed E-state index contributed by atoms with van der Waals surface area (Å²) in [4.78, 5) is 0. The molecule has 5 N–H and O–H groups in total. The Morgan fingerprint density at radius 2 is 1.56 bits per heavy atom. The van der Waals surface area contributed by atoms with Crippen molar-refractivity contribution in [3.63, 3.8) is 0 Å². The molecule has 0 fully saturated rings. The monoisotopic (exact) mass is 131 g/mol. The van der Waals surface area contributed by atoms with E-state index in [0.29, 0.717) is 0 Å². The van der Waals surface area contributed by atoms with Crippen LogP contribution in [0, 0.1) is 0 Å². The van der Waals surface area contributed by atoms with Crippen LogP contribution in [-0.4, -0.2) is 0 Å². The van der Waals surface area contributed by atoms with E-state index in [1.54, 1.807) is 6.92 Å². The van der Waals surface area contributed by atoms with Crippen molar-refractivity contribution in [2.45, 2.75) is 27.7 Å². The first kappa shape index (κ1) is 11.1. The van der Waals surface area contributed by atoms with E-state index >= 15 is 0 Å².